The summed E-state index contributed by atoms with van der Waals surface area (Å²) in [6, 6.07) is 2.36. The van der Waals surface area contributed by atoms with Crippen LogP contribution in [0, 0.1) is 11.6 Å². The average Bonchev–Trinajstić information content (AvgIpc) is 2.24. The molecule has 0 saturated heterocycles. The summed E-state index contributed by atoms with van der Waals surface area (Å²) in [5.74, 6) is -1.81. The van der Waals surface area contributed by atoms with Crippen LogP contribution in [0.4, 0.5) is 8.78 Å². The van der Waals surface area contributed by atoms with Crippen LogP contribution in [0.1, 0.15) is 6.92 Å². The van der Waals surface area contributed by atoms with Gasteiger partial charge in [0.05, 0.1) is 0 Å². The van der Waals surface area contributed by atoms with Gasteiger partial charge in [0.25, 0.3) is 0 Å². The SMILES string of the molecule is CCN(CCCl)S(=O)(=O)c1ccc(F)cc1F. The topological polar surface area (TPSA) is 37.4 Å². The Labute approximate surface area is 104 Å². The Hall–Kier alpha value is -0.720. The summed E-state index contributed by atoms with van der Waals surface area (Å²) in [7, 11) is -3.95. The molecule has 0 saturated carbocycles. The molecule has 3 nitrogen and oxygen atoms in total. The molecule has 17 heavy (non-hydrogen) atoms. The van der Waals surface area contributed by atoms with Gasteiger partial charge in [0.2, 0.25) is 10.0 Å². The molecule has 0 atom stereocenters. The molecule has 0 N–H and O–H groups in total. The Morgan fingerprint density at radius 3 is 2.47 bits per heavy atom. The second-order valence-electron chi connectivity index (χ2n) is 3.26. The molecule has 0 bridgehead atoms. The molecular formula is C10H12ClF2NO2S. The predicted octanol–water partition coefficient (Wildman–Crippen LogP) is 2.21. The summed E-state index contributed by atoms with van der Waals surface area (Å²) in [4.78, 5) is -0.536. The number of rotatable bonds is 5. The van der Waals surface area contributed by atoms with Gasteiger partial charge in [0, 0.05) is 25.0 Å². The van der Waals surface area contributed by atoms with Crippen LogP contribution in [0.2, 0.25) is 0 Å². The Morgan fingerprint density at radius 2 is 2.00 bits per heavy atom. The van der Waals surface area contributed by atoms with Gasteiger partial charge in [-0.25, -0.2) is 17.2 Å². The van der Waals surface area contributed by atoms with E-state index in [0.717, 1.165) is 16.4 Å². The Morgan fingerprint density at radius 1 is 1.35 bits per heavy atom. The van der Waals surface area contributed by atoms with Crippen molar-refractivity contribution >= 4 is 21.6 Å². The minimum absolute atomic E-state index is 0.0806. The van der Waals surface area contributed by atoms with Crippen LogP contribution < -0.4 is 0 Å². The smallest absolute Gasteiger partial charge is 0.207 e. The van der Waals surface area contributed by atoms with Crippen molar-refractivity contribution in [2.45, 2.75) is 11.8 Å². The van der Waals surface area contributed by atoms with Gasteiger partial charge >= 0.3 is 0 Å². The van der Waals surface area contributed by atoms with E-state index in [4.69, 9.17) is 11.6 Å². The van der Waals surface area contributed by atoms with Gasteiger partial charge in [-0.15, -0.1) is 11.6 Å². The molecule has 0 fully saturated rings. The standard InChI is InChI=1S/C10H12ClF2NO2S/c1-2-14(6-5-11)17(15,16)10-4-3-8(12)7-9(10)13/h3-4,7H,2,5-6H2,1H3. The van der Waals surface area contributed by atoms with Gasteiger partial charge in [-0.05, 0) is 12.1 Å². The monoisotopic (exact) mass is 283 g/mol. The number of alkyl halides is 1. The molecule has 96 valence electrons. The van der Waals surface area contributed by atoms with Crippen molar-refractivity contribution in [1.29, 1.82) is 0 Å². The fraction of sp³-hybridized carbons (Fsp3) is 0.400. The molecule has 0 aliphatic heterocycles. The minimum Gasteiger partial charge on any atom is -0.207 e. The molecule has 1 aromatic rings. The third kappa shape index (κ3) is 3.14. The Balaban J connectivity index is 3.20. The van der Waals surface area contributed by atoms with Crippen LogP contribution in [0.15, 0.2) is 23.1 Å². The van der Waals surface area contributed by atoms with Crippen LogP contribution in [-0.2, 0) is 10.0 Å². The van der Waals surface area contributed by atoms with Crippen LogP contribution in [-0.4, -0.2) is 31.7 Å². The number of sulfonamides is 1. The second-order valence-corrected chi connectivity index (χ2v) is 5.54. The van der Waals surface area contributed by atoms with Gasteiger partial charge in [-0.1, -0.05) is 6.92 Å². The molecule has 0 spiro atoms. The van der Waals surface area contributed by atoms with Gasteiger partial charge in [0.15, 0.2) is 0 Å². The minimum atomic E-state index is -3.95. The lowest BCUT2D eigenvalue weighted by molar-refractivity contribution is 0.440. The number of nitrogens with zero attached hydrogens (tertiary/aromatic N) is 1. The maximum absolute atomic E-state index is 13.4. The predicted molar refractivity (Wildman–Crippen MR) is 61.5 cm³/mol. The zero-order valence-electron chi connectivity index (χ0n) is 9.16. The first-order valence-electron chi connectivity index (χ1n) is 4.94. The highest BCUT2D eigenvalue weighted by molar-refractivity contribution is 7.89. The van der Waals surface area contributed by atoms with Gasteiger partial charge in [0.1, 0.15) is 16.5 Å². The molecule has 0 amide bonds. The molecule has 0 unspecified atom stereocenters. The molecule has 0 radical (unpaired) electrons. The lowest BCUT2D eigenvalue weighted by Crippen LogP contribution is -2.33. The van der Waals surface area contributed by atoms with E-state index in [0.29, 0.717) is 6.07 Å². The highest BCUT2D eigenvalue weighted by Crippen LogP contribution is 2.19. The molecule has 0 heterocycles. The van der Waals surface area contributed by atoms with E-state index in [1.165, 1.54) is 0 Å². The van der Waals surface area contributed by atoms with Crippen molar-refractivity contribution in [1.82, 2.24) is 4.31 Å². The van der Waals surface area contributed by atoms with Crippen molar-refractivity contribution in [2.75, 3.05) is 19.0 Å². The summed E-state index contributed by atoms with van der Waals surface area (Å²) in [6.45, 7) is 1.87. The van der Waals surface area contributed by atoms with E-state index in [9.17, 15) is 17.2 Å². The molecule has 1 aromatic carbocycles. The van der Waals surface area contributed by atoms with E-state index < -0.39 is 26.6 Å². The highest BCUT2D eigenvalue weighted by Gasteiger charge is 2.25. The van der Waals surface area contributed by atoms with E-state index in [2.05, 4.69) is 0 Å². The quantitative estimate of drug-likeness (QED) is 0.777. The zero-order chi connectivity index (χ0) is 13.1. The molecule has 1 rings (SSSR count). The first-order valence-corrected chi connectivity index (χ1v) is 6.92. The number of benzene rings is 1. The van der Waals surface area contributed by atoms with Crippen LogP contribution >= 0.6 is 11.6 Å². The summed E-state index contributed by atoms with van der Waals surface area (Å²) in [6.07, 6.45) is 0. The number of hydrogen-bond acceptors (Lipinski definition) is 2. The lowest BCUT2D eigenvalue weighted by atomic mass is 10.3. The largest absolute Gasteiger partial charge is 0.246 e. The van der Waals surface area contributed by atoms with Crippen molar-refractivity contribution in [3.05, 3.63) is 29.8 Å². The fourth-order valence-electron chi connectivity index (χ4n) is 1.37. The molecule has 0 aliphatic rings. The van der Waals surface area contributed by atoms with Crippen LogP contribution in [0.25, 0.3) is 0 Å². The highest BCUT2D eigenvalue weighted by atomic mass is 35.5. The van der Waals surface area contributed by atoms with Gasteiger partial charge < -0.3 is 0 Å². The first-order chi connectivity index (χ1) is 7.93. The van der Waals surface area contributed by atoms with Crippen LogP contribution in [0.3, 0.4) is 0 Å². The Kier molecular flexibility index (Phi) is 4.85. The summed E-state index contributed by atoms with van der Waals surface area (Å²) >= 11 is 5.47. The van der Waals surface area contributed by atoms with Crippen molar-refractivity contribution in [3.63, 3.8) is 0 Å². The lowest BCUT2D eigenvalue weighted by Gasteiger charge is -2.19. The summed E-state index contributed by atoms with van der Waals surface area (Å²) in [5, 5.41) is 0. The Bertz CT molecular complexity index is 493. The number of halogens is 3. The van der Waals surface area contributed by atoms with E-state index in [1.807, 2.05) is 0 Å². The first kappa shape index (κ1) is 14.3. The van der Waals surface area contributed by atoms with E-state index in [-0.39, 0.29) is 19.0 Å². The molecule has 0 aromatic heterocycles. The van der Waals surface area contributed by atoms with Crippen molar-refractivity contribution in [3.8, 4) is 0 Å². The molecule has 0 aliphatic carbocycles. The maximum Gasteiger partial charge on any atom is 0.246 e. The van der Waals surface area contributed by atoms with E-state index in [1.54, 1.807) is 6.92 Å². The third-order valence-electron chi connectivity index (χ3n) is 2.20. The van der Waals surface area contributed by atoms with E-state index >= 15 is 0 Å². The van der Waals surface area contributed by atoms with Crippen molar-refractivity contribution < 1.29 is 17.2 Å². The van der Waals surface area contributed by atoms with Gasteiger partial charge in [-0.2, -0.15) is 4.31 Å². The molecule has 7 heteroatoms. The summed E-state index contributed by atoms with van der Waals surface area (Å²) in [5.41, 5.74) is 0. The fourth-order valence-corrected chi connectivity index (χ4v) is 3.17. The maximum atomic E-state index is 13.4. The van der Waals surface area contributed by atoms with Gasteiger partial charge in [-0.3, -0.25) is 0 Å². The van der Waals surface area contributed by atoms with Crippen LogP contribution in [0.5, 0.6) is 0 Å². The third-order valence-corrected chi connectivity index (χ3v) is 4.37. The molecular weight excluding hydrogens is 272 g/mol. The normalized spacial score (nSPS) is 12.1. The van der Waals surface area contributed by atoms with Crippen molar-refractivity contribution in [2.24, 2.45) is 0 Å². The number of hydrogen-bond donors (Lipinski definition) is 0. The second kappa shape index (κ2) is 5.75. The summed E-state index contributed by atoms with van der Waals surface area (Å²) < 4.78 is 51.1. The average molecular weight is 284 g/mol. The zero-order valence-corrected chi connectivity index (χ0v) is 10.7.